The van der Waals surface area contributed by atoms with Crippen LogP contribution in [0.25, 0.3) is 0 Å². The van der Waals surface area contributed by atoms with Crippen molar-refractivity contribution in [1.29, 1.82) is 5.26 Å². The van der Waals surface area contributed by atoms with Crippen LogP contribution in [0.2, 0.25) is 0 Å². The van der Waals surface area contributed by atoms with Crippen molar-refractivity contribution in [2.24, 2.45) is 0 Å². The summed E-state index contributed by atoms with van der Waals surface area (Å²) in [6.07, 6.45) is 0. The smallest absolute Gasteiger partial charge is 0.262 e. The number of rotatable bonds is 4. The van der Waals surface area contributed by atoms with Gasteiger partial charge in [0.1, 0.15) is 17.5 Å². The number of anilines is 1. The molecule has 0 saturated heterocycles. The van der Waals surface area contributed by atoms with E-state index in [9.17, 15) is 8.42 Å². The first-order valence-corrected chi connectivity index (χ1v) is 7.63. The lowest BCUT2D eigenvalue weighted by atomic mass is 10.2. The van der Waals surface area contributed by atoms with Gasteiger partial charge in [0, 0.05) is 0 Å². The number of nitrogens with one attached hydrogen (secondary N) is 1. The van der Waals surface area contributed by atoms with Gasteiger partial charge in [-0.2, -0.15) is 5.26 Å². The van der Waals surface area contributed by atoms with Gasteiger partial charge < -0.3 is 4.74 Å². The van der Waals surface area contributed by atoms with Crippen LogP contribution in [0.1, 0.15) is 11.1 Å². The van der Waals surface area contributed by atoms with E-state index in [0.29, 0.717) is 5.75 Å². The minimum absolute atomic E-state index is 0.128. The molecule has 21 heavy (non-hydrogen) atoms. The summed E-state index contributed by atoms with van der Waals surface area (Å²) >= 11 is 0. The summed E-state index contributed by atoms with van der Waals surface area (Å²) in [7, 11) is -2.36. The molecule has 6 heteroatoms. The summed E-state index contributed by atoms with van der Waals surface area (Å²) in [4.78, 5) is 0.128. The van der Waals surface area contributed by atoms with E-state index in [1.54, 1.807) is 24.3 Å². The Kier molecular flexibility index (Phi) is 4.15. The van der Waals surface area contributed by atoms with E-state index in [0.717, 1.165) is 5.56 Å². The first-order chi connectivity index (χ1) is 9.97. The van der Waals surface area contributed by atoms with Crippen LogP contribution >= 0.6 is 0 Å². The minimum atomic E-state index is -3.78. The molecule has 5 nitrogen and oxygen atoms in total. The van der Waals surface area contributed by atoms with Crippen molar-refractivity contribution < 1.29 is 13.2 Å². The third-order valence-corrected chi connectivity index (χ3v) is 4.30. The third kappa shape index (κ3) is 3.15. The van der Waals surface area contributed by atoms with Gasteiger partial charge in [-0.25, -0.2) is 8.42 Å². The summed E-state index contributed by atoms with van der Waals surface area (Å²) < 4.78 is 32.3. The van der Waals surface area contributed by atoms with Crippen LogP contribution in [-0.4, -0.2) is 15.5 Å². The lowest BCUT2D eigenvalue weighted by Crippen LogP contribution is -2.14. The fourth-order valence-corrected chi connectivity index (χ4v) is 2.90. The Balaban J connectivity index is 2.46. The summed E-state index contributed by atoms with van der Waals surface area (Å²) in [5.41, 5.74) is 1.30. The van der Waals surface area contributed by atoms with E-state index < -0.39 is 10.0 Å². The number of nitriles is 1. The molecular weight excluding hydrogens is 288 g/mol. The SMILES string of the molecule is COc1cccc(C#N)c1NS(=O)(=O)c1ccc(C)cc1. The second kappa shape index (κ2) is 5.85. The Labute approximate surface area is 123 Å². The van der Waals surface area contributed by atoms with Crippen LogP contribution in [0.4, 0.5) is 5.69 Å². The average molecular weight is 302 g/mol. The van der Waals surface area contributed by atoms with Crippen molar-refractivity contribution in [2.75, 3.05) is 11.8 Å². The number of para-hydroxylation sites is 1. The van der Waals surface area contributed by atoms with Crippen LogP contribution < -0.4 is 9.46 Å². The predicted molar refractivity (Wildman–Crippen MR) is 79.7 cm³/mol. The highest BCUT2D eigenvalue weighted by molar-refractivity contribution is 7.92. The Morgan fingerprint density at radius 1 is 1.14 bits per heavy atom. The van der Waals surface area contributed by atoms with Gasteiger partial charge in [0.2, 0.25) is 0 Å². The van der Waals surface area contributed by atoms with Crippen LogP contribution in [0.3, 0.4) is 0 Å². The second-order valence-corrected chi connectivity index (χ2v) is 6.10. The maximum atomic E-state index is 12.4. The van der Waals surface area contributed by atoms with Crippen molar-refractivity contribution in [2.45, 2.75) is 11.8 Å². The van der Waals surface area contributed by atoms with Crippen molar-refractivity contribution in [1.82, 2.24) is 0 Å². The first-order valence-electron chi connectivity index (χ1n) is 6.14. The predicted octanol–water partition coefficient (Wildman–Crippen LogP) is 2.68. The molecule has 0 atom stereocenters. The molecule has 0 aliphatic carbocycles. The second-order valence-electron chi connectivity index (χ2n) is 4.41. The van der Waals surface area contributed by atoms with E-state index in [2.05, 4.69) is 4.72 Å². The molecule has 0 bridgehead atoms. The monoisotopic (exact) mass is 302 g/mol. The van der Waals surface area contributed by atoms with E-state index in [1.165, 1.54) is 25.3 Å². The fraction of sp³-hybridized carbons (Fsp3) is 0.133. The summed E-state index contributed by atoms with van der Waals surface area (Å²) in [6.45, 7) is 1.87. The summed E-state index contributed by atoms with van der Waals surface area (Å²) in [5.74, 6) is 0.296. The first kappa shape index (κ1) is 14.9. The molecule has 0 spiro atoms. The van der Waals surface area contributed by atoms with E-state index in [4.69, 9.17) is 10.00 Å². The van der Waals surface area contributed by atoms with E-state index in [-0.39, 0.29) is 16.1 Å². The summed E-state index contributed by atoms with van der Waals surface area (Å²) in [5, 5.41) is 9.10. The van der Waals surface area contributed by atoms with E-state index >= 15 is 0 Å². The van der Waals surface area contributed by atoms with Crippen LogP contribution in [-0.2, 0) is 10.0 Å². The molecule has 2 aromatic rings. The van der Waals surface area contributed by atoms with Crippen LogP contribution in [0.5, 0.6) is 5.75 Å². The van der Waals surface area contributed by atoms with Gasteiger partial charge >= 0.3 is 0 Å². The lowest BCUT2D eigenvalue weighted by molar-refractivity contribution is 0.417. The normalized spacial score (nSPS) is 10.7. The number of nitrogens with zero attached hydrogens (tertiary/aromatic N) is 1. The van der Waals surface area contributed by atoms with Crippen molar-refractivity contribution >= 4 is 15.7 Å². The zero-order chi connectivity index (χ0) is 15.5. The number of methoxy groups -OCH3 is 1. The number of sulfonamides is 1. The van der Waals surface area contributed by atoms with Crippen LogP contribution in [0.15, 0.2) is 47.4 Å². The molecular formula is C15H14N2O3S. The molecule has 0 amide bonds. The Hall–Kier alpha value is -2.52. The Bertz CT molecular complexity index is 791. The molecule has 0 fully saturated rings. The van der Waals surface area contributed by atoms with Crippen LogP contribution in [0, 0.1) is 18.3 Å². The van der Waals surface area contributed by atoms with Crippen molar-refractivity contribution in [3.63, 3.8) is 0 Å². The Morgan fingerprint density at radius 2 is 1.81 bits per heavy atom. The van der Waals surface area contributed by atoms with Gasteiger partial charge in [-0.1, -0.05) is 23.8 Å². The van der Waals surface area contributed by atoms with Gasteiger partial charge in [-0.15, -0.1) is 0 Å². The maximum absolute atomic E-state index is 12.4. The molecule has 0 aliphatic heterocycles. The molecule has 108 valence electrons. The molecule has 0 aliphatic rings. The van der Waals surface area contributed by atoms with E-state index in [1.807, 2.05) is 13.0 Å². The molecule has 0 saturated carbocycles. The minimum Gasteiger partial charge on any atom is -0.495 e. The third-order valence-electron chi connectivity index (χ3n) is 2.93. The number of hydrogen-bond donors (Lipinski definition) is 1. The number of benzene rings is 2. The van der Waals surface area contributed by atoms with Gasteiger partial charge in [0.15, 0.2) is 0 Å². The molecule has 1 N–H and O–H groups in total. The highest BCUT2D eigenvalue weighted by atomic mass is 32.2. The molecule has 2 rings (SSSR count). The highest BCUT2D eigenvalue weighted by Gasteiger charge is 2.18. The summed E-state index contributed by atoms with van der Waals surface area (Å²) in [6, 6.07) is 13.1. The maximum Gasteiger partial charge on any atom is 0.262 e. The number of hydrogen-bond acceptors (Lipinski definition) is 4. The molecule has 0 aromatic heterocycles. The molecule has 0 unspecified atom stereocenters. The number of ether oxygens (including phenoxy) is 1. The highest BCUT2D eigenvalue weighted by Crippen LogP contribution is 2.30. The van der Waals surface area contributed by atoms with Gasteiger partial charge in [-0.05, 0) is 31.2 Å². The number of aryl methyl sites for hydroxylation is 1. The largest absolute Gasteiger partial charge is 0.495 e. The zero-order valence-corrected chi connectivity index (χ0v) is 12.4. The Morgan fingerprint density at radius 3 is 2.38 bits per heavy atom. The standard InChI is InChI=1S/C15H14N2O3S/c1-11-6-8-13(9-7-11)21(18,19)17-15-12(10-16)4-3-5-14(15)20-2/h3-9,17H,1-2H3. The van der Waals surface area contributed by atoms with Crippen molar-refractivity contribution in [3.05, 3.63) is 53.6 Å². The van der Waals surface area contributed by atoms with Gasteiger partial charge in [0.05, 0.1) is 17.6 Å². The topological polar surface area (TPSA) is 79.2 Å². The van der Waals surface area contributed by atoms with Gasteiger partial charge in [-0.3, -0.25) is 4.72 Å². The molecule has 0 radical (unpaired) electrons. The lowest BCUT2D eigenvalue weighted by Gasteiger charge is -2.13. The van der Waals surface area contributed by atoms with Crippen molar-refractivity contribution in [3.8, 4) is 11.8 Å². The molecule has 0 heterocycles. The zero-order valence-electron chi connectivity index (χ0n) is 11.6. The van der Waals surface area contributed by atoms with Gasteiger partial charge in [0.25, 0.3) is 10.0 Å². The quantitative estimate of drug-likeness (QED) is 0.941. The fourth-order valence-electron chi connectivity index (χ4n) is 1.81. The average Bonchev–Trinajstić information content (AvgIpc) is 2.47. The molecule has 2 aromatic carbocycles.